The van der Waals surface area contributed by atoms with Gasteiger partial charge in [-0.2, -0.15) is 0 Å². The van der Waals surface area contributed by atoms with Crippen LogP contribution in [0.5, 0.6) is 0 Å². The van der Waals surface area contributed by atoms with Crippen LogP contribution < -0.4 is 15.1 Å². The monoisotopic (exact) mass is 429 g/mol. The van der Waals surface area contributed by atoms with Crippen LogP contribution in [0.3, 0.4) is 0 Å². The number of anilines is 2. The Hall–Kier alpha value is -3.41. The Kier molecular flexibility index (Phi) is 6.01. The molecule has 8 heteroatoms. The largest absolute Gasteiger partial charge is 0.380 e. The minimum Gasteiger partial charge on any atom is -0.380 e. The first-order chi connectivity index (χ1) is 15.8. The van der Waals surface area contributed by atoms with Gasteiger partial charge >= 0.3 is 0 Å². The predicted octanol–water partition coefficient (Wildman–Crippen LogP) is 2.15. The standard InChI is InChI=1S/C24H27N7O/c1-2-18-14-22(29-23(18)30-9-6-25-7-10-30)19-4-5-26-21(15-19)20-16-27-24(28-17-20)31-8-3-12-32-13-11-31/h1,4-5,14-17,25,29H,3,6-13H2. The maximum absolute atomic E-state index is 5.80. The van der Waals surface area contributed by atoms with Crippen LogP contribution in [-0.4, -0.2) is 72.4 Å². The van der Waals surface area contributed by atoms with Crippen LogP contribution >= 0.6 is 0 Å². The lowest BCUT2D eigenvalue weighted by molar-refractivity contribution is 0.152. The Balaban J connectivity index is 1.39. The van der Waals surface area contributed by atoms with Crippen molar-refractivity contribution >= 4 is 11.8 Å². The maximum atomic E-state index is 5.80. The van der Waals surface area contributed by atoms with Gasteiger partial charge in [0.2, 0.25) is 5.95 Å². The molecule has 2 aliphatic rings. The van der Waals surface area contributed by atoms with Crippen molar-refractivity contribution in [2.75, 3.05) is 62.3 Å². The molecule has 8 nitrogen and oxygen atoms in total. The highest BCUT2D eigenvalue weighted by molar-refractivity contribution is 5.73. The first-order valence-electron chi connectivity index (χ1n) is 11.1. The lowest BCUT2D eigenvalue weighted by Crippen LogP contribution is -2.44. The van der Waals surface area contributed by atoms with E-state index >= 15 is 0 Å². The molecule has 0 atom stereocenters. The average molecular weight is 430 g/mol. The number of aromatic amines is 1. The topological polar surface area (TPSA) is 82.2 Å². The number of hydrogen-bond acceptors (Lipinski definition) is 7. The molecule has 5 heterocycles. The number of ether oxygens (including phenoxy) is 1. The Morgan fingerprint density at radius 1 is 0.938 bits per heavy atom. The van der Waals surface area contributed by atoms with Crippen LogP contribution in [0, 0.1) is 12.3 Å². The zero-order valence-corrected chi connectivity index (χ0v) is 18.0. The van der Waals surface area contributed by atoms with Gasteiger partial charge in [-0.3, -0.25) is 4.98 Å². The minimum atomic E-state index is 0.709. The second kappa shape index (κ2) is 9.39. The Labute approximate surface area is 188 Å². The highest BCUT2D eigenvalue weighted by Crippen LogP contribution is 2.29. The molecule has 5 rings (SSSR count). The molecule has 3 aromatic rings. The number of terminal acetylenes is 1. The van der Waals surface area contributed by atoms with Gasteiger partial charge in [0.25, 0.3) is 0 Å². The van der Waals surface area contributed by atoms with Gasteiger partial charge in [-0.15, -0.1) is 6.42 Å². The predicted molar refractivity (Wildman–Crippen MR) is 126 cm³/mol. The van der Waals surface area contributed by atoms with E-state index in [0.717, 1.165) is 92.1 Å². The second-order valence-electron chi connectivity index (χ2n) is 7.98. The third kappa shape index (κ3) is 4.31. The number of nitrogens with one attached hydrogen (secondary N) is 2. The number of rotatable bonds is 4. The minimum absolute atomic E-state index is 0.709. The van der Waals surface area contributed by atoms with Crippen LogP contribution in [-0.2, 0) is 4.74 Å². The SMILES string of the molecule is C#Cc1cc(-c2ccnc(-c3cnc(N4CCCOCC4)nc3)c2)[nH]c1N1CCNCC1. The van der Waals surface area contributed by atoms with Gasteiger partial charge in [-0.1, -0.05) is 5.92 Å². The van der Waals surface area contributed by atoms with Gasteiger partial charge in [0.05, 0.1) is 17.9 Å². The molecule has 0 saturated carbocycles. The summed E-state index contributed by atoms with van der Waals surface area (Å²) in [7, 11) is 0. The third-order valence-corrected chi connectivity index (χ3v) is 5.90. The van der Waals surface area contributed by atoms with Crippen molar-refractivity contribution in [3.05, 3.63) is 42.4 Å². The second-order valence-corrected chi connectivity index (χ2v) is 7.98. The van der Waals surface area contributed by atoms with Crippen molar-refractivity contribution in [3.63, 3.8) is 0 Å². The first-order valence-corrected chi connectivity index (χ1v) is 11.1. The average Bonchev–Trinajstić information content (AvgIpc) is 3.12. The lowest BCUT2D eigenvalue weighted by atomic mass is 10.1. The number of hydrogen-bond donors (Lipinski definition) is 2. The van der Waals surface area contributed by atoms with Gasteiger partial charge in [0, 0.05) is 81.3 Å². The summed E-state index contributed by atoms with van der Waals surface area (Å²) in [5.41, 5.74) is 4.61. The molecule has 2 aliphatic heterocycles. The molecule has 3 aromatic heterocycles. The molecule has 0 unspecified atom stereocenters. The van der Waals surface area contributed by atoms with Crippen molar-refractivity contribution in [2.45, 2.75) is 6.42 Å². The van der Waals surface area contributed by atoms with E-state index in [1.165, 1.54) is 0 Å². The smallest absolute Gasteiger partial charge is 0.225 e. The van der Waals surface area contributed by atoms with Crippen LogP contribution in [0.15, 0.2) is 36.8 Å². The zero-order valence-electron chi connectivity index (χ0n) is 18.0. The normalized spacial score (nSPS) is 17.1. The number of pyridine rings is 1. The van der Waals surface area contributed by atoms with Gasteiger partial charge in [0.15, 0.2) is 0 Å². The van der Waals surface area contributed by atoms with Crippen molar-refractivity contribution in [1.82, 2.24) is 25.3 Å². The van der Waals surface area contributed by atoms with Gasteiger partial charge in [-0.05, 0) is 24.6 Å². The molecule has 164 valence electrons. The molecule has 0 radical (unpaired) electrons. The van der Waals surface area contributed by atoms with E-state index in [0.29, 0.717) is 6.61 Å². The summed E-state index contributed by atoms with van der Waals surface area (Å²) in [4.78, 5) is 21.7. The highest BCUT2D eigenvalue weighted by atomic mass is 16.5. The maximum Gasteiger partial charge on any atom is 0.225 e. The highest BCUT2D eigenvalue weighted by Gasteiger charge is 2.18. The summed E-state index contributed by atoms with van der Waals surface area (Å²) >= 11 is 0. The van der Waals surface area contributed by atoms with E-state index in [1.54, 1.807) is 0 Å². The van der Waals surface area contributed by atoms with Crippen molar-refractivity contribution in [2.24, 2.45) is 0 Å². The Morgan fingerprint density at radius 3 is 2.59 bits per heavy atom. The van der Waals surface area contributed by atoms with Crippen molar-refractivity contribution in [1.29, 1.82) is 0 Å². The van der Waals surface area contributed by atoms with Crippen LogP contribution in [0.1, 0.15) is 12.0 Å². The first kappa shape index (κ1) is 20.5. The van der Waals surface area contributed by atoms with Crippen molar-refractivity contribution in [3.8, 4) is 34.9 Å². The summed E-state index contributed by atoms with van der Waals surface area (Å²) in [6.07, 6.45) is 12.3. The third-order valence-electron chi connectivity index (χ3n) is 5.90. The van der Waals surface area contributed by atoms with E-state index < -0.39 is 0 Å². The summed E-state index contributed by atoms with van der Waals surface area (Å²) in [5.74, 6) is 4.57. The van der Waals surface area contributed by atoms with Gasteiger partial charge < -0.3 is 24.8 Å². The number of H-pyrrole nitrogens is 1. The lowest BCUT2D eigenvalue weighted by Gasteiger charge is -2.28. The summed E-state index contributed by atoms with van der Waals surface area (Å²) in [5, 5.41) is 3.38. The molecular formula is C24H27N7O. The van der Waals surface area contributed by atoms with Crippen LogP contribution in [0.4, 0.5) is 11.8 Å². The molecule has 0 spiro atoms. The Morgan fingerprint density at radius 2 is 1.78 bits per heavy atom. The number of aromatic nitrogens is 4. The molecule has 2 N–H and O–H groups in total. The van der Waals surface area contributed by atoms with E-state index in [1.807, 2.05) is 36.8 Å². The fraction of sp³-hybridized carbons (Fsp3) is 0.375. The quantitative estimate of drug-likeness (QED) is 0.615. The van der Waals surface area contributed by atoms with Gasteiger partial charge in [-0.25, -0.2) is 9.97 Å². The molecule has 0 amide bonds. The summed E-state index contributed by atoms with van der Waals surface area (Å²) in [6.45, 7) is 7.00. The van der Waals surface area contributed by atoms with E-state index in [9.17, 15) is 0 Å². The van der Waals surface area contributed by atoms with Crippen molar-refractivity contribution < 1.29 is 4.74 Å². The molecule has 0 aliphatic carbocycles. The summed E-state index contributed by atoms with van der Waals surface area (Å²) in [6, 6.07) is 6.08. The molecule has 32 heavy (non-hydrogen) atoms. The fourth-order valence-corrected chi connectivity index (χ4v) is 4.17. The summed E-state index contributed by atoms with van der Waals surface area (Å²) < 4.78 is 5.52. The molecular weight excluding hydrogens is 402 g/mol. The molecule has 0 aromatic carbocycles. The number of nitrogens with zero attached hydrogens (tertiary/aromatic N) is 5. The molecule has 2 fully saturated rings. The van der Waals surface area contributed by atoms with Gasteiger partial charge in [0.1, 0.15) is 5.82 Å². The van der Waals surface area contributed by atoms with E-state index in [2.05, 4.69) is 41.0 Å². The molecule has 0 bridgehead atoms. The van der Waals surface area contributed by atoms with E-state index in [-0.39, 0.29) is 0 Å². The Bertz CT molecular complexity index is 1090. The molecule has 2 saturated heterocycles. The van der Waals surface area contributed by atoms with Crippen LogP contribution in [0.25, 0.3) is 22.5 Å². The van der Waals surface area contributed by atoms with Crippen LogP contribution in [0.2, 0.25) is 0 Å². The van der Waals surface area contributed by atoms with E-state index in [4.69, 9.17) is 11.2 Å². The fourth-order valence-electron chi connectivity index (χ4n) is 4.17. The zero-order chi connectivity index (χ0) is 21.8. The number of piperazine rings is 1.